The van der Waals surface area contributed by atoms with Crippen molar-refractivity contribution in [3.8, 4) is 0 Å². The summed E-state index contributed by atoms with van der Waals surface area (Å²) >= 11 is -1.21. The van der Waals surface area contributed by atoms with Crippen LogP contribution in [-0.4, -0.2) is 12.3 Å². The molecule has 0 amide bonds. The van der Waals surface area contributed by atoms with Crippen LogP contribution in [0.3, 0.4) is 0 Å². The lowest BCUT2D eigenvalue weighted by Gasteiger charge is -1.82. The minimum Gasteiger partial charge on any atom is -0.234 e. The van der Waals surface area contributed by atoms with Crippen molar-refractivity contribution in [1.82, 2.24) is 0 Å². The molecule has 0 N–H and O–H groups in total. The van der Waals surface area contributed by atoms with Crippen LogP contribution in [0.25, 0.3) is 0 Å². The summed E-state index contributed by atoms with van der Waals surface area (Å²) in [5.41, 5.74) is 1.32. The Balaban J connectivity index is 0.000000217. The fourth-order valence-corrected chi connectivity index (χ4v) is 0.534. The Hall–Kier alpha value is 0.332. The van der Waals surface area contributed by atoms with Gasteiger partial charge in [0.25, 0.3) is 0 Å². The number of benzene rings is 1. The second-order valence-corrected chi connectivity index (χ2v) is 7.88. The maximum absolute atomic E-state index is 5.37. The maximum atomic E-state index is 5.37. The van der Waals surface area contributed by atoms with Crippen LogP contribution < -0.4 is 0 Å². The first-order valence-corrected chi connectivity index (χ1v) is 8.27. The van der Waals surface area contributed by atoms with Crippen molar-refractivity contribution in [2.45, 2.75) is 19.1 Å². The Kier molecular flexibility index (Phi) is 8.18. The predicted molar refractivity (Wildman–Crippen MR) is 59.1 cm³/mol. The number of rotatable bonds is 1. The van der Waals surface area contributed by atoms with Crippen LogP contribution in [0.15, 0.2) is 30.3 Å². The van der Waals surface area contributed by atoms with Crippen molar-refractivity contribution in [3.63, 3.8) is 0 Å². The van der Waals surface area contributed by atoms with E-state index < -0.39 is 12.3 Å². The monoisotopic (exact) mass is 218 g/mol. The molecular formula is C9H13AlCl2. The summed E-state index contributed by atoms with van der Waals surface area (Å²) in [5.74, 6) is 0. The van der Waals surface area contributed by atoms with Crippen molar-refractivity contribution in [2.24, 2.45) is 0 Å². The third kappa shape index (κ3) is 8.43. The molecule has 0 nitrogen and oxygen atoms in total. The van der Waals surface area contributed by atoms with E-state index in [1.807, 2.05) is 25.1 Å². The molecule has 0 heterocycles. The molecule has 0 aromatic heterocycles. The van der Waals surface area contributed by atoms with Gasteiger partial charge >= 0.3 is 12.3 Å². The Morgan fingerprint density at radius 1 is 1.17 bits per heavy atom. The van der Waals surface area contributed by atoms with E-state index in [4.69, 9.17) is 20.1 Å². The van der Waals surface area contributed by atoms with Crippen LogP contribution in [0.4, 0.5) is 0 Å². The Labute approximate surface area is 87.3 Å². The zero-order valence-corrected chi connectivity index (χ0v) is 10.1. The quantitative estimate of drug-likeness (QED) is 0.627. The van der Waals surface area contributed by atoms with Crippen LogP contribution in [0, 0.1) is 6.92 Å². The van der Waals surface area contributed by atoms with Crippen LogP contribution in [0.1, 0.15) is 12.5 Å². The van der Waals surface area contributed by atoms with Crippen molar-refractivity contribution >= 4 is 32.4 Å². The minimum absolute atomic E-state index is 0.975. The van der Waals surface area contributed by atoms with Gasteiger partial charge < -0.3 is 0 Å². The van der Waals surface area contributed by atoms with Gasteiger partial charge in [0.15, 0.2) is 0 Å². The summed E-state index contributed by atoms with van der Waals surface area (Å²) in [5, 5.41) is 0.975. The first-order valence-electron chi connectivity index (χ1n) is 3.96. The Morgan fingerprint density at radius 2 is 1.58 bits per heavy atom. The zero-order chi connectivity index (χ0) is 9.40. The molecule has 1 aromatic carbocycles. The number of aryl methyl sites for hydroxylation is 1. The second-order valence-electron chi connectivity index (χ2n) is 2.45. The first-order chi connectivity index (χ1) is 5.66. The SMILES string of the molecule is C[CH2][Al]([Cl])[Cl].Cc1ccccc1. The van der Waals surface area contributed by atoms with E-state index in [-0.39, 0.29) is 0 Å². The lowest BCUT2D eigenvalue weighted by atomic mass is 10.2. The molecule has 0 unspecified atom stereocenters. The highest BCUT2D eigenvalue weighted by Crippen LogP contribution is 1.99. The van der Waals surface area contributed by atoms with E-state index in [1.54, 1.807) is 0 Å². The van der Waals surface area contributed by atoms with E-state index in [9.17, 15) is 0 Å². The minimum atomic E-state index is -1.21. The largest absolute Gasteiger partial charge is 0.519 e. The van der Waals surface area contributed by atoms with Gasteiger partial charge in [-0.2, -0.15) is 0 Å². The topological polar surface area (TPSA) is 0 Å². The molecule has 1 rings (SSSR count). The normalized spacial score (nSPS) is 8.33. The highest BCUT2D eigenvalue weighted by Gasteiger charge is 2.03. The Bertz CT molecular complexity index is 187. The van der Waals surface area contributed by atoms with Gasteiger partial charge in [-0.3, -0.25) is 0 Å². The molecule has 0 bridgehead atoms. The van der Waals surface area contributed by atoms with Crippen LogP contribution in [0.5, 0.6) is 0 Å². The fourth-order valence-electron chi connectivity index (χ4n) is 0.534. The summed E-state index contributed by atoms with van der Waals surface area (Å²) in [6.07, 6.45) is 0. The summed E-state index contributed by atoms with van der Waals surface area (Å²) in [4.78, 5) is 0. The van der Waals surface area contributed by atoms with Crippen LogP contribution in [0.2, 0.25) is 5.28 Å². The molecule has 0 radical (unpaired) electrons. The molecule has 1 aromatic rings. The molecule has 0 aliphatic heterocycles. The van der Waals surface area contributed by atoms with Gasteiger partial charge in [0.05, 0.1) is 0 Å². The van der Waals surface area contributed by atoms with E-state index in [2.05, 4.69) is 19.1 Å². The second kappa shape index (κ2) is 7.95. The van der Waals surface area contributed by atoms with Crippen molar-refractivity contribution in [1.29, 1.82) is 0 Å². The third-order valence-corrected chi connectivity index (χ3v) is 3.72. The van der Waals surface area contributed by atoms with Crippen molar-refractivity contribution in [2.75, 3.05) is 0 Å². The molecule has 0 aliphatic carbocycles. The smallest absolute Gasteiger partial charge is 0.234 e. The molecular weight excluding hydrogens is 206 g/mol. The molecule has 0 atom stereocenters. The fraction of sp³-hybridized carbons (Fsp3) is 0.333. The Morgan fingerprint density at radius 3 is 1.75 bits per heavy atom. The summed E-state index contributed by atoms with van der Waals surface area (Å²) < 4.78 is 0. The highest BCUT2D eigenvalue weighted by molar-refractivity contribution is 7.33. The lowest BCUT2D eigenvalue weighted by Crippen LogP contribution is -1.83. The van der Waals surface area contributed by atoms with Crippen molar-refractivity contribution in [3.05, 3.63) is 35.9 Å². The summed E-state index contributed by atoms with van der Waals surface area (Å²) in [7, 11) is 10.7. The van der Waals surface area contributed by atoms with Gasteiger partial charge in [-0.25, -0.2) is 20.1 Å². The zero-order valence-electron chi connectivity index (χ0n) is 7.43. The van der Waals surface area contributed by atoms with E-state index >= 15 is 0 Å². The standard InChI is InChI=1S/C7H8.C2H5.Al.2ClH/c1-7-5-3-2-4-6-7;1-2;;;/h2-6H,1H3;1H2,2H3;;2*1H/q;;+2;;/p-2. The van der Waals surface area contributed by atoms with Crippen molar-refractivity contribution < 1.29 is 0 Å². The molecule has 0 spiro atoms. The summed E-state index contributed by atoms with van der Waals surface area (Å²) in [6, 6.07) is 10.3. The van der Waals surface area contributed by atoms with Crippen LogP contribution >= 0.6 is 20.1 Å². The molecule has 0 aliphatic rings. The van der Waals surface area contributed by atoms with E-state index in [0.717, 1.165) is 5.28 Å². The van der Waals surface area contributed by atoms with Gasteiger partial charge in [-0.1, -0.05) is 48.1 Å². The van der Waals surface area contributed by atoms with Gasteiger partial charge in [-0.15, -0.1) is 0 Å². The first kappa shape index (κ1) is 12.3. The van der Waals surface area contributed by atoms with E-state index in [0.29, 0.717) is 0 Å². The molecule has 0 fully saturated rings. The number of hydrogen-bond donors (Lipinski definition) is 0. The average Bonchev–Trinajstić information content (AvgIpc) is 2.07. The lowest BCUT2D eigenvalue weighted by molar-refractivity contribution is 1.47. The number of halogens is 2. The maximum Gasteiger partial charge on any atom is 0.519 e. The molecule has 0 saturated heterocycles. The number of hydrogen-bond acceptors (Lipinski definition) is 0. The highest BCUT2D eigenvalue weighted by atomic mass is 35.7. The average molecular weight is 219 g/mol. The molecule has 0 saturated carbocycles. The van der Waals surface area contributed by atoms with Crippen LogP contribution in [-0.2, 0) is 0 Å². The van der Waals surface area contributed by atoms with Gasteiger partial charge in [-0.05, 0) is 6.92 Å². The molecule has 12 heavy (non-hydrogen) atoms. The van der Waals surface area contributed by atoms with E-state index in [1.165, 1.54) is 5.56 Å². The molecule has 3 heteroatoms. The third-order valence-electron chi connectivity index (χ3n) is 1.25. The van der Waals surface area contributed by atoms with Gasteiger partial charge in [0, 0.05) is 0 Å². The predicted octanol–water partition coefficient (Wildman–Crippen LogP) is 3.97. The molecule has 66 valence electrons. The summed E-state index contributed by atoms with van der Waals surface area (Å²) in [6.45, 7) is 4.08. The van der Waals surface area contributed by atoms with Gasteiger partial charge in [0.1, 0.15) is 0 Å². The van der Waals surface area contributed by atoms with Gasteiger partial charge in [0.2, 0.25) is 0 Å².